The maximum atomic E-state index is 13.9. The quantitative estimate of drug-likeness (QED) is 0.794. The average Bonchev–Trinajstić information content (AvgIpc) is 2.75. The smallest absolute Gasteiger partial charge is 0.257 e. The first-order valence-corrected chi connectivity index (χ1v) is 9.53. The van der Waals surface area contributed by atoms with Crippen molar-refractivity contribution in [2.24, 2.45) is 0 Å². The van der Waals surface area contributed by atoms with Crippen molar-refractivity contribution in [2.45, 2.75) is 16.2 Å². The van der Waals surface area contributed by atoms with Crippen LogP contribution in [0, 0.1) is 5.82 Å². The lowest BCUT2D eigenvalue weighted by Crippen LogP contribution is -2.43. The lowest BCUT2D eigenvalue weighted by molar-refractivity contribution is -0.126. The number of ether oxygens (including phenoxy) is 1. The van der Waals surface area contributed by atoms with Gasteiger partial charge < -0.3 is 19.6 Å². The van der Waals surface area contributed by atoms with Crippen LogP contribution >= 0.6 is 24.2 Å². The molecule has 1 heterocycles. The number of hydrogen-bond donors (Lipinski definition) is 1. The van der Waals surface area contributed by atoms with Gasteiger partial charge in [-0.2, -0.15) is 0 Å². The minimum Gasteiger partial charge on any atom is -0.497 e. The summed E-state index contributed by atoms with van der Waals surface area (Å²) < 4.78 is 19.1. The molecular weight excluding hydrogens is 403 g/mol. The molecule has 1 amide bonds. The number of fused-ring (bicyclic) bond motifs is 1. The van der Waals surface area contributed by atoms with Gasteiger partial charge in [0.1, 0.15) is 17.7 Å². The van der Waals surface area contributed by atoms with Gasteiger partial charge in [0, 0.05) is 18.0 Å². The number of rotatable bonds is 5. The predicted octanol–water partition coefficient (Wildman–Crippen LogP) is 3.36. The second-order valence-corrected chi connectivity index (χ2v) is 7.85. The highest BCUT2D eigenvalue weighted by atomic mass is 35.5. The fourth-order valence-corrected chi connectivity index (χ4v) is 4.28. The highest BCUT2D eigenvalue weighted by Gasteiger charge is 2.37. The standard InChI is InChI=1S/C20H23FN2O3S.ClH/c1-22(2)10-11-23-16-9-6-14(21)12-17(16)27-19(18(24)20(23)25)13-4-7-15(26-3)8-5-13;/h4-9,12,18-19,24H,10-11H2,1-3H3;1H/t18-,19+;/m1./s1. The first kappa shape index (κ1) is 22.5. The molecule has 0 saturated carbocycles. The summed E-state index contributed by atoms with van der Waals surface area (Å²) in [7, 11) is 5.41. The van der Waals surface area contributed by atoms with Crippen molar-refractivity contribution in [3.8, 4) is 5.75 Å². The second kappa shape index (κ2) is 9.60. The van der Waals surface area contributed by atoms with Gasteiger partial charge in [-0.3, -0.25) is 4.79 Å². The van der Waals surface area contributed by atoms with E-state index in [4.69, 9.17) is 4.74 Å². The number of anilines is 1. The van der Waals surface area contributed by atoms with Gasteiger partial charge in [0.05, 0.1) is 18.0 Å². The molecule has 28 heavy (non-hydrogen) atoms. The van der Waals surface area contributed by atoms with Gasteiger partial charge in [0.2, 0.25) is 0 Å². The second-order valence-electron chi connectivity index (χ2n) is 6.66. The number of thioether (sulfide) groups is 1. The van der Waals surface area contributed by atoms with Crippen LogP contribution in [0.4, 0.5) is 10.1 Å². The van der Waals surface area contributed by atoms with Crippen LogP contribution in [-0.4, -0.2) is 56.3 Å². The summed E-state index contributed by atoms with van der Waals surface area (Å²) in [6.45, 7) is 1.05. The van der Waals surface area contributed by atoms with Crippen molar-refractivity contribution < 1.29 is 19.0 Å². The van der Waals surface area contributed by atoms with E-state index in [0.29, 0.717) is 29.4 Å². The molecule has 1 aliphatic rings. The van der Waals surface area contributed by atoms with Gasteiger partial charge >= 0.3 is 0 Å². The molecule has 2 aromatic rings. The molecule has 0 unspecified atom stereocenters. The Morgan fingerprint density at radius 2 is 1.89 bits per heavy atom. The molecule has 0 radical (unpaired) electrons. The minimum absolute atomic E-state index is 0. The van der Waals surface area contributed by atoms with Gasteiger partial charge in [-0.25, -0.2) is 4.39 Å². The Balaban J connectivity index is 0.00000280. The van der Waals surface area contributed by atoms with Gasteiger partial charge in [-0.1, -0.05) is 12.1 Å². The Morgan fingerprint density at radius 3 is 2.50 bits per heavy atom. The normalized spacial score (nSPS) is 19.1. The summed E-state index contributed by atoms with van der Waals surface area (Å²) in [4.78, 5) is 17.2. The van der Waals surface area contributed by atoms with Crippen molar-refractivity contribution in [1.29, 1.82) is 0 Å². The molecule has 0 spiro atoms. The van der Waals surface area contributed by atoms with E-state index in [1.165, 1.54) is 23.9 Å². The molecule has 0 fully saturated rings. The number of likely N-dealkylation sites (N-methyl/N-ethyl adjacent to an activating group) is 1. The van der Waals surface area contributed by atoms with Crippen LogP contribution in [0.1, 0.15) is 10.8 Å². The molecule has 0 aliphatic carbocycles. The molecule has 5 nitrogen and oxygen atoms in total. The largest absolute Gasteiger partial charge is 0.497 e. The van der Waals surface area contributed by atoms with Gasteiger partial charge in [0.15, 0.2) is 0 Å². The average molecular weight is 427 g/mol. The Morgan fingerprint density at radius 1 is 1.21 bits per heavy atom. The van der Waals surface area contributed by atoms with Gasteiger partial charge in [-0.15, -0.1) is 24.2 Å². The third-order valence-electron chi connectivity index (χ3n) is 4.49. The number of benzene rings is 2. The Bertz CT molecular complexity index is 820. The fourth-order valence-electron chi connectivity index (χ4n) is 2.99. The molecule has 0 saturated heterocycles. The Labute approximate surface area is 174 Å². The first-order chi connectivity index (χ1) is 12.9. The third kappa shape index (κ3) is 4.78. The summed E-state index contributed by atoms with van der Waals surface area (Å²) in [5.41, 5.74) is 1.41. The molecule has 1 N–H and O–H groups in total. The van der Waals surface area contributed by atoms with Gasteiger partial charge in [-0.05, 0) is 50.0 Å². The predicted molar refractivity (Wildman–Crippen MR) is 112 cm³/mol. The van der Waals surface area contributed by atoms with E-state index in [1.54, 1.807) is 30.2 Å². The summed E-state index contributed by atoms with van der Waals surface area (Å²) in [5.74, 6) is -0.0566. The summed E-state index contributed by atoms with van der Waals surface area (Å²) in [6.07, 6.45) is -1.24. The van der Waals surface area contributed by atoms with Crippen molar-refractivity contribution in [3.63, 3.8) is 0 Å². The third-order valence-corrected chi connectivity index (χ3v) is 5.85. The fraction of sp³-hybridized carbons (Fsp3) is 0.350. The van der Waals surface area contributed by atoms with E-state index in [9.17, 15) is 14.3 Å². The number of carbonyl (C=O) groups is 1. The minimum atomic E-state index is -1.24. The molecule has 0 aromatic heterocycles. The molecule has 1 aliphatic heterocycles. The highest BCUT2D eigenvalue weighted by Crippen LogP contribution is 2.46. The number of carbonyl (C=O) groups excluding carboxylic acids is 1. The summed E-state index contributed by atoms with van der Waals surface area (Å²) in [5, 5.41) is 10.3. The molecular formula is C20H24ClFN2O3S. The number of aliphatic hydroxyl groups excluding tert-OH is 1. The zero-order chi connectivity index (χ0) is 19.6. The Hall–Kier alpha value is -1.80. The van der Waals surface area contributed by atoms with Crippen molar-refractivity contribution in [1.82, 2.24) is 4.90 Å². The summed E-state index contributed by atoms with van der Waals surface area (Å²) in [6, 6.07) is 11.6. The first-order valence-electron chi connectivity index (χ1n) is 8.65. The van der Waals surface area contributed by atoms with Crippen molar-refractivity contribution in [2.75, 3.05) is 39.2 Å². The lowest BCUT2D eigenvalue weighted by atomic mass is 10.1. The zero-order valence-corrected chi connectivity index (χ0v) is 17.6. The molecule has 8 heteroatoms. The van der Waals surface area contributed by atoms with Crippen LogP contribution in [0.15, 0.2) is 47.4 Å². The van der Waals surface area contributed by atoms with E-state index in [2.05, 4.69) is 0 Å². The maximum absolute atomic E-state index is 13.9. The molecule has 0 bridgehead atoms. The Kier molecular flexibility index (Phi) is 7.71. The number of halogens is 2. The van der Waals surface area contributed by atoms with E-state index in [-0.39, 0.29) is 24.1 Å². The van der Waals surface area contributed by atoms with E-state index in [0.717, 1.165) is 5.56 Å². The molecule has 2 aromatic carbocycles. The van der Waals surface area contributed by atoms with Crippen LogP contribution in [0.3, 0.4) is 0 Å². The van der Waals surface area contributed by atoms with Gasteiger partial charge in [0.25, 0.3) is 5.91 Å². The summed E-state index contributed by atoms with van der Waals surface area (Å²) >= 11 is 1.30. The molecule has 2 atom stereocenters. The van der Waals surface area contributed by atoms with E-state index in [1.807, 2.05) is 31.1 Å². The number of amides is 1. The topological polar surface area (TPSA) is 53.0 Å². The van der Waals surface area contributed by atoms with Crippen LogP contribution in [-0.2, 0) is 4.79 Å². The zero-order valence-electron chi connectivity index (χ0n) is 16.0. The van der Waals surface area contributed by atoms with E-state index >= 15 is 0 Å². The van der Waals surface area contributed by atoms with Crippen LogP contribution in [0.25, 0.3) is 0 Å². The SMILES string of the molecule is COc1ccc([C@@H]2Sc3cc(F)ccc3N(CCN(C)C)C(=O)[C@@H]2O)cc1.Cl. The number of nitrogens with zero attached hydrogens (tertiary/aromatic N) is 2. The van der Waals surface area contributed by atoms with Crippen molar-refractivity contribution >= 4 is 35.8 Å². The number of aliphatic hydroxyl groups is 1. The number of hydrogen-bond acceptors (Lipinski definition) is 5. The monoisotopic (exact) mass is 426 g/mol. The highest BCUT2D eigenvalue weighted by molar-refractivity contribution is 7.99. The molecule has 3 rings (SSSR count). The van der Waals surface area contributed by atoms with Crippen molar-refractivity contribution in [3.05, 3.63) is 53.8 Å². The van der Waals surface area contributed by atoms with Crippen LogP contribution in [0.5, 0.6) is 5.75 Å². The molecule has 152 valence electrons. The number of methoxy groups -OCH3 is 1. The van der Waals surface area contributed by atoms with Crippen LogP contribution in [0.2, 0.25) is 0 Å². The lowest BCUT2D eigenvalue weighted by Gasteiger charge is -2.26. The maximum Gasteiger partial charge on any atom is 0.257 e. The van der Waals surface area contributed by atoms with Crippen LogP contribution < -0.4 is 9.64 Å². The van der Waals surface area contributed by atoms with E-state index < -0.39 is 11.4 Å².